The number of likely N-dealkylation sites (tertiary alicyclic amines) is 1. The number of carbonyl (C=O) groups excluding carboxylic acids is 1. The molecule has 0 aromatic heterocycles. The van der Waals surface area contributed by atoms with Gasteiger partial charge in [-0.3, -0.25) is 4.79 Å². The van der Waals surface area contributed by atoms with Gasteiger partial charge in [-0.2, -0.15) is 0 Å². The van der Waals surface area contributed by atoms with Gasteiger partial charge in [0.25, 0.3) is 5.91 Å². The Morgan fingerprint density at radius 2 is 1.79 bits per heavy atom. The van der Waals surface area contributed by atoms with Gasteiger partial charge in [0, 0.05) is 24.3 Å². The van der Waals surface area contributed by atoms with Crippen LogP contribution in [0.1, 0.15) is 71.0 Å². The summed E-state index contributed by atoms with van der Waals surface area (Å²) in [6, 6.07) is 13.3. The number of anilines is 1. The van der Waals surface area contributed by atoms with E-state index in [1.165, 1.54) is 6.42 Å². The molecule has 0 bridgehead atoms. The van der Waals surface area contributed by atoms with Crippen LogP contribution in [0.5, 0.6) is 0 Å². The van der Waals surface area contributed by atoms with E-state index in [0.29, 0.717) is 5.56 Å². The predicted octanol–water partition coefficient (Wildman–Crippen LogP) is 4.75. The first-order valence-corrected chi connectivity index (χ1v) is 10.4. The van der Waals surface area contributed by atoms with Crippen LogP contribution in [-0.2, 0) is 6.42 Å². The van der Waals surface area contributed by atoms with Crippen molar-refractivity contribution in [3.63, 3.8) is 0 Å². The van der Waals surface area contributed by atoms with E-state index < -0.39 is 5.97 Å². The number of rotatable bonds is 3. The Balaban J connectivity index is 1.62. The van der Waals surface area contributed by atoms with Gasteiger partial charge in [-0.05, 0) is 72.6 Å². The fourth-order valence-electron chi connectivity index (χ4n) is 4.62. The lowest BCUT2D eigenvalue weighted by Gasteiger charge is -2.41. The second kappa shape index (κ2) is 7.54. The first-order valence-electron chi connectivity index (χ1n) is 10.4. The molecule has 2 heterocycles. The number of nitrogens with zero attached hydrogens (tertiary/aromatic N) is 1. The monoisotopic (exact) mass is 392 g/mol. The quantitative estimate of drug-likeness (QED) is 0.791. The number of carbonyl (C=O) groups is 2. The van der Waals surface area contributed by atoms with Crippen LogP contribution in [0.4, 0.5) is 5.69 Å². The highest BCUT2D eigenvalue weighted by atomic mass is 16.4. The van der Waals surface area contributed by atoms with Gasteiger partial charge in [-0.15, -0.1) is 0 Å². The minimum Gasteiger partial charge on any atom is -0.478 e. The summed E-state index contributed by atoms with van der Waals surface area (Å²) in [5, 5.41) is 12.9. The normalized spacial score (nSPS) is 20.5. The Labute approximate surface area is 171 Å². The third-order valence-corrected chi connectivity index (χ3v) is 6.19. The largest absolute Gasteiger partial charge is 0.478 e. The first kappa shape index (κ1) is 19.5. The standard InChI is InChI=1S/C24H28N2O3/c1-24(2)15-19-14-18(23(28)29)9-10-20(19)25-21(24)16-7-6-8-17(13-16)22(27)26-11-4-3-5-12-26/h6-10,13-14,21,25H,3-5,11-12,15H2,1-2H3,(H,28,29). The molecule has 4 rings (SSSR count). The molecule has 2 N–H and O–H groups in total. The van der Waals surface area contributed by atoms with Crippen LogP contribution >= 0.6 is 0 Å². The van der Waals surface area contributed by atoms with Gasteiger partial charge in [0.15, 0.2) is 0 Å². The van der Waals surface area contributed by atoms with Gasteiger partial charge < -0.3 is 15.3 Å². The van der Waals surface area contributed by atoms with Crippen LogP contribution in [0.2, 0.25) is 0 Å². The maximum absolute atomic E-state index is 12.9. The van der Waals surface area contributed by atoms with E-state index in [1.54, 1.807) is 12.1 Å². The van der Waals surface area contributed by atoms with Gasteiger partial charge in [-0.25, -0.2) is 4.79 Å². The third kappa shape index (κ3) is 3.86. The number of nitrogens with one attached hydrogen (secondary N) is 1. The van der Waals surface area contributed by atoms with Crippen molar-refractivity contribution < 1.29 is 14.7 Å². The maximum Gasteiger partial charge on any atom is 0.335 e. The minimum absolute atomic E-state index is 0.0415. The van der Waals surface area contributed by atoms with Gasteiger partial charge in [-0.1, -0.05) is 26.0 Å². The highest BCUT2D eigenvalue weighted by Gasteiger charge is 2.36. The van der Waals surface area contributed by atoms with Crippen molar-refractivity contribution in [2.24, 2.45) is 5.41 Å². The Hall–Kier alpha value is -2.82. The summed E-state index contributed by atoms with van der Waals surface area (Å²) in [6.07, 6.45) is 4.13. The molecule has 29 heavy (non-hydrogen) atoms. The molecule has 1 saturated heterocycles. The van der Waals surface area contributed by atoms with E-state index in [2.05, 4.69) is 25.2 Å². The van der Waals surface area contributed by atoms with Gasteiger partial charge in [0.2, 0.25) is 0 Å². The molecule has 0 saturated carbocycles. The van der Waals surface area contributed by atoms with E-state index in [4.69, 9.17) is 0 Å². The van der Waals surface area contributed by atoms with Gasteiger partial charge in [0.1, 0.15) is 0 Å². The summed E-state index contributed by atoms with van der Waals surface area (Å²) in [7, 11) is 0. The number of hydrogen-bond acceptors (Lipinski definition) is 3. The molecule has 0 aliphatic carbocycles. The van der Waals surface area contributed by atoms with Crippen molar-refractivity contribution in [1.29, 1.82) is 0 Å². The van der Waals surface area contributed by atoms with Crippen molar-refractivity contribution in [1.82, 2.24) is 4.90 Å². The van der Waals surface area contributed by atoms with Crippen LogP contribution in [0.3, 0.4) is 0 Å². The van der Waals surface area contributed by atoms with Crippen LogP contribution < -0.4 is 5.32 Å². The summed E-state index contributed by atoms with van der Waals surface area (Å²) in [4.78, 5) is 26.2. The zero-order valence-electron chi connectivity index (χ0n) is 17.1. The van der Waals surface area contributed by atoms with Crippen molar-refractivity contribution >= 4 is 17.6 Å². The fourth-order valence-corrected chi connectivity index (χ4v) is 4.62. The predicted molar refractivity (Wildman–Crippen MR) is 113 cm³/mol. The topological polar surface area (TPSA) is 69.6 Å². The summed E-state index contributed by atoms with van der Waals surface area (Å²) in [6.45, 7) is 6.05. The Morgan fingerprint density at radius 3 is 2.52 bits per heavy atom. The van der Waals surface area contributed by atoms with Crippen molar-refractivity contribution in [2.75, 3.05) is 18.4 Å². The molecule has 2 aromatic carbocycles. The van der Waals surface area contributed by atoms with Crippen LogP contribution in [0.25, 0.3) is 0 Å². The van der Waals surface area contributed by atoms with Crippen molar-refractivity contribution in [3.8, 4) is 0 Å². The number of amides is 1. The molecule has 5 nitrogen and oxygen atoms in total. The zero-order valence-corrected chi connectivity index (χ0v) is 17.1. The van der Waals surface area contributed by atoms with Gasteiger partial charge >= 0.3 is 5.97 Å². The van der Waals surface area contributed by atoms with E-state index in [0.717, 1.165) is 54.7 Å². The summed E-state index contributed by atoms with van der Waals surface area (Å²) >= 11 is 0. The Bertz CT molecular complexity index is 945. The number of hydrogen-bond donors (Lipinski definition) is 2. The minimum atomic E-state index is -0.906. The second-order valence-electron chi connectivity index (χ2n) is 8.90. The average molecular weight is 392 g/mol. The maximum atomic E-state index is 12.9. The van der Waals surface area contributed by atoms with Crippen LogP contribution in [0.15, 0.2) is 42.5 Å². The van der Waals surface area contributed by atoms with E-state index in [9.17, 15) is 14.7 Å². The molecule has 2 aliphatic heterocycles. The van der Waals surface area contributed by atoms with Crippen molar-refractivity contribution in [2.45, 2.75) is 45.6 Å². The Kier molecular flexibility index (Phi) is 5.07. The molecule has 0 spiro atoms. The number of benzene rings is 2. The highest BCUT2D eigenvalue weighted by molar-refractivity contribution is 5.94. The van der Waals surface area contributed by atoms with E-state index in [1.807, 2.05) is 29.2 Å². The second-order valence-corrected chi connectivity index (χ2v) is 8.90. The zero-order chi connectivity index (χ0) is 20.6. The summed E-state index contributed by atoms with van der Waals surface area (Å²) in [5.41, 5.74) is 4.00. The lowest BCUT2D eigenvalue weighted by molar-refractivity contribution is 0.0694. The molecule has 152 valence electrons. The number of fused-ring (bicyclic) bond motifs is 1. The molecule has 1 amide bonds. The molecule has 1 atom stereocenters. The SMILES string of the molecule is CC1(C)Cc2cc(C(=O)O)ccc2NC1c1cccc(C(=O)N2CCCCC2)c1. The average Bonchev–Trinajstić information content (AvgIpc) is 2.72. The van der Waals surface area contributed by atoms with Crippen molar-refractivity contribution in [3.05, 3.63) is 64.7 Å². The fraction of sp³-hybridized carbons (Fsp3) is 0.417. The van der Waals surface area contributed by atoms with Gasteiger partial charge in [0.05, 0.1) is 11.6 Å². The first-order chi connectivity index (χ1) is 13.8. The molecule has 5 heteroatoms. The van der Waals surface area contributed by atoms with E-state index >= 15 is 0 Å². The lowest BCUT2D eigenvalue weighted by atomic mass is 9.72. The van der Waals surface area contributed by atoms with Crippen LogP contribution in [-0.4, -0.2) is 35.0 Å². The molecule has 2 aromatic rings. The molecule has 0 radical (unpaired) electrons. The highest BCUT2D eigenvalue weighted by Crippen LogP contribution is 2.45. The summed E-state index contributed by atoms with van der Waals surface area (Å²) in [5.74, 6) is -0.789. The number of piperidine rings is 1. The number of carboxylic acids is 1. The molecule has 2 aliphatic rings. The molecule has 1 fully saturated rings. The third-order valence-electron chi connectivity index (χ3n) is 6.19. The number of aromatic carboxylic acids is 1. The lowest BCUT2D eigenvalue weighted by Crippen LogP contribution is -2.36. The van der Waals surface area contributed by atoms with E-state index in [-0.39, 0.29) is 17.4 Å². The molecular weight excluding hydrogens is 364 g/mol. The van der Waals surface area contributed by atoms with Crippen LogP contribution in [0, 0.1) is 5.41 Å². The molecular formula is C24H28N2O3. The smallest absolute Gasteiger partial charge is 0.335 e. The molecule has 1 unspecified atom stereocenters. The summed E-state index contributed by atoms with van der Waals surface area (Å²) < 4.78 is 0. The Morgan fingerprint density at radius 1 is 1.03 bits per heavy atom. The number of carboxylic acid groups (broad SMARTS) is 1.